The normalized spacial score (nSPS) is 12.7. The molecule has 0 heterocycles. The van der Waals surface area contributed by atoms with Crippen LogP contribution in [-0.2, 0) is 24.2 Å². The topological polar surface area (TPSA) is 138 Å². The van der Waals surface area contributed by atoms with Crippen molar-refractivity contribution in [3.8, 4) is 0 Å². The van der Waals surface area contributed by atoms with Crippen LogP contribution in [0.3, 0.4) is 0 Å². The van der Waals surface area contributed by atoms with Crippen molar-refractivity contribution >= 4 is 27.7 Å². The zero-order valence-corrected chi connectivity index (χ0v) is 12.0. The summed E-state index contributed by atoms with van der Waals surface area (Å²) in [5, 5.41) is 19.8. The fourth-order valence-corrected chi connectivity index (χ4v) is 2.43. The summed E-state index contributed by atoms with van der Waals surface area (Å²) in [4.78, 5) is 32.7. The average molecular weight is 327 g/mol. The fourth-order valence-electron chi connectivity index (χ4n) is 1.43. The number of carbonyl (C=O) groups excluding carboxylic acids is 1. The first kappa shape index (κ1) is 17.4. The predicted molar refractivity (Wildman–Crippen MR) is 74.6 cm³/mol. The lowest BCUT2D eigenvalue weighted by Gasteiger charge is -2.10. The minimum atomic E-state index is -3.84. The molecule has 0 aromatic heterocycles. The van der Waals surface area contributed by atoms with E-state index in [2.05, 4.69) is 0 Å². The van der Waals surface area contributed by atoms with Gasteiger partial charge in [0.25, 0.3) is 0 Å². The third-order valence-corrected chi connectivity index (χ3v) is 3.89. The molecule has 0 radical (unpaired) electrons. The Morgan fingerprint density at radius 2 is 1.73 bits per heavy atom. The standard InChI is InChI=1S/C13H13NO7S/c15-11(14-10(13(18)19)8-12(16)17)6-7-22(20,21)9-4-2-1-3-5-9/h1-7,10H,8H2,(H,14,15)(H,16,17)(H,18,19)/b7-6+/t10-/m1/s1. The van der Waals surface area contributed by atoms with Gasteiger partial charge in [0.15, 0.2) is 9.84 Å². The molecule has 1 rings (SSSR count). The highest BCUT2D eigenvalue weighted by molar-refractivity contribution is 7.94. The van der Waals surface area contributed by atoms with E-state index in [0.717, 1.165) is 0 Å². The van der Waals surface area contributed by atoms with Gasteiger partial charge >= 0.3 is 11.9 Å². The van der Waals surface area contributed by atoms with Gasteiger partial charge in [0.2, 0.25) is 5.91 Å². The van der Waals surface area contributed by atoms with E-state index >= 15 is 0 Å². The molecule has 1 atom stereocenters. The molecule has 0 saturated heterocycles. The Hall–Kier alpha value is -2.68. The monoisotopic (exact) mass is 327 g/mol. The summed E-state index contributed by atoms with van der Waals surface area (Å²) in [6.07, 6.45) is -0.180. The molecule has 0 bridgehead atoms. The van der Waals surface area contributed by atoms with Crippen molar-refractivity contribution in [1.29, 1.82) is 0 Å². The van der Waals surface area contributed by atoms with Crippen LogP contribution in [0.5, 0.6) is 0 Å². The van der Waals surface area contributed by atoms with E-state index in [1.165, 1.54) is 24.3 Å². The number of aliphatic carboxylic acids is 2. The van der Waals surface area contributed by atoms with Gasteiger partial charge in [0.1, 0.15) is 6.04 Å². The Bertz CT molecular complexity index is 694. The summed E-state index contributed by atoms with van der Waals surface area (Å²) in [7, 11) is -3.84. The van der Waals surface area contributed by atoms with Crippen LogP contribution in [0.15, 0.2) is 46.7 Å². The number of carboxylic acids is 2. The van der Waals surface area contributed by atoms with Crippen LogP contribution < -0.4 is 5.32 Å². The lowest BCUT2D eigenvalue weighted by atomic mass is 10.2. The van der Waals surface area contributed by atoms with Crippen LogP contribution in [-0.4, -0.2) is 42.5 Å². The van der Waals surface area contributed by atoms with Gasteiger partial charge in [0.05, 0.1) is 11.3 Å². The molecule has 1 aromatic rings. The van der Waals surface area contributed by atoms with Crippen molar-refractivity contribution < 1.29 is 33.0 Å². The highest BCUT2D eigenvalue weighted by atomic mass is 32.2. The van der Waals surface area contributed by atoms with Crippen LogP contribution in [0, 0.1) is 0 Å². The molecular formula is C13H13NO7S. The van der Waals surface area contributed by atoms with Gasteiger partial charge in [-0.2, -0.15) is 0 Å². The fraction of sp³-hybridized carbons (Fsp3) is 0.154. The van der Waals surface area contributed by atoms with E-state index in [9.17, 15) is 22.8 Å². The Morgan fingerprint density at radius 1 is 1.14 bits per heavy atom. The summed E-state index contributed by atoms with van der Waals surface area (Å²) in [6.45, 7) is 0. The maximum absolute atomic E-state index is 11.9. The van der Waals surface area contributed by atoms with Crippen molar-refractivity contribution in [2.24, 2.45) is 0 Å². The molecule has 118 valence electrons. The predicted octanol–water partition coefficient (Wildman–Crippen LogP) is 0.0181. The molecule has 1 aromatic carbocycles. The molecule has 0 saturated carbocycles. The molecule has 0 spiro atoms. The van der Waals surface area contributed by atoms with Gasteiger partial charge in [-0.05, 0) is 12.1 Å². The Labute approximate surface area is 126 Å². The molecule has 0 unspecified atom stereocenters. The number of carboxylic acid groups (broad SMARTS) is 2. The summed E-state index contributed by atoms with van der Waals surface area (Å²) in [6, 6.07) is 5.67. The van der Waals surface area contributed by atoms with Gasteiger partial charge in [-0.25, -0.2) is 13.2 Å². The van der Waals surface area contributed by atoms with E-state index in [4.69, 9.17) is 10.2 Å². The summed E-state index contributed by atoms with van der Waals surface area (Å²) in [5.41, 5.74) is 0. The highest BCUT2D eigenvalue weighted by Gasteiger charge is 2.22. The third-order valence-electron chi connectivity index (χ3n) is 2.46. The molecule has 3 N–H and O–H groups in total. The first-order valence-corrected chi connectivity index (χ1v) is 7.50. The molecule has 0 aliphatic carbocycles. The Balaban J connectivity index is 2.79. The van der Waals surface area contributed by atoms with Gasteiger partial charge in [-0.1, -0.05) is 18.2 Å². The maximum Gasteiger partial charge on any atom is 0.326 e. The first-order chi connectivity index (χ1) is 10.2. The number of sulfone groups is 1. The smallest absolute Gasteiger partial charge is 0.326 e. The lowest BCUT2D eigenvalue weighted by Crippen LogP contribution is -2.41. The zero-order chi connectivity index (χ0) is 16.8. The molecule has 0 aliphatic rings. The largest absolute Gasteiger partial charge is 0.481 e. The molecule has 0 aliphatic heterocycles. The zero-order valence-electron chi connectivity index (χ0n) is 11.2. The quantitative estimate of drug-likeness (QED) is 0.600. The number of benzene rings is 1. The van der Waals surface area contributed by atoms with Crippen molar-refractivity contribution in [2.75, 3.05) is 0 Å². The molecule has 22 heavy (non-hydrogen) atoms. The van der Waals surface area contributed by atoms with Gasteiger partial charge in [-0.15, -0.1) is 0 Å². The van der Waals surface area contributed by atoms with Gasteiger partial charge in [0, 0.05) is 11.5 Å². The van der Waals surface area contributed by atoms with E-state index in [1.54, 1.807) is 6.07 Å². The van der Waals surface area contributed by atoms with Crippen LogP contribution in [0.4, 0.5) is 0 Å². The van der Waals surface area contributed by atoms with Gasteiger partial charge in [-0.3, -0.25) is 9.59 Å². The second-order valence-corrected chi connectivity index (χ2v) is 5.99. The second kappa shape index (κ2) is 7.36. The Kier molecular flexibility index (Phi) is 5.81. The van der Waals surface area contributed by atoms with E-state index in [-0.39, 0.29) is 4.90 Å². The number of hydrogen-bond acceptors (Lipinski definition) is 5. The van der Waals surface area contributed by atoms with Crippen molar-refractivity contribution in [2.45, 2.75) is 17.4 Å². The van der Waals surface area contributed by atoms with Crippen molar-refractivity contribution in [3.05, 3.63) is 41.8 Å². The lowest BCUT2D eigenvalue weighted by molar-refractivity contribution is -0.146. The van der Waals surface area contributed by atoms with Crippen molar-refractivity contribution in [1.82, 2.24) is 5.32 Å². The minimum Gasteiger partial charge on any atom is -0.481 e. The van der Waals surface area contributed by atoms with Crippen molar-refractivity contribution in [3.63, 3.8) is 0 Å². The minimum absolute atomic E-state index is 0.0284. The molecular weight excluding hydrogens is 314 g/mol. The van der Waals surface area contributed by atoms with Crippen LogP contribution in [0.1, 0.15) is 6.42 Å². The summed E-state index contributed by atoms with van der Waals surface area (Å²) >= 11 is 0. The highest BCUT2D eigenvalue weighted by Crippen LogP contribution is 2.10. The summed E-state index contributed by atoms with van der Waals surface area (Å²) in [5.74, 6) is -3.96. The van der Waals surface area contributed by atoms with Crippen LogP contribution in [0.25, 0.3) is 0 Å². The average Bonchev–Trinajstić information content (AvgIpc) is 2.45. The van der Waals surface area contributed by atoms with Crippen LogP contribution >= 0.6 is 0 Å². The van der Waals surface area contributed by atoms with E-state index < -0.39 is 40.1 Å². The summed E-state index contributed by atoms with van der Waals surface area (Å²) < 4.78 is 23.7. The number of rotatable bonds is 7. The third kappa shape index (κ3) is 5.37. The first-order valence-electron chi connectivity index (χ1n) is 5.95. The van der Waals surface area contributed by atoms with Gasteiger partial charge < -0.3 is 15.5 Å². The molecule has 9 heteroatoms. The molecule has 8 nitrogen and oxygen atoms in total. The number of carbonyl (C=O) groups is 3. The second-order valence-electron chi connectivity index (χ2n) is 4.16. The number of amides is 1. The SMILES string of the molecule is O=C(O)C[C@@H](NC(=O)/C=C/S(=O)(=O)c1ccccc1)C(=O)O. The molecule has 1 amide bonds. The van der Waals surface area contributed by atoms with Crippen LogP contribution in [0.2, 0.25) is 0 Å². The number of hydrogen-bond donors (Lipinski definition) is 3. The van der Waals surface area contributed by atoms with E-state index in [1.807, 2.05) is 5.32 Å². The Morgan fingerprint density at radius 3 is 2.23 bits per heavy atom. The maximum atomic E-state index is 11.9. The number of nitrogens with one attached hydrogen (secondary N) is 1. The van der Waals surface area contributed by atoms with E-state index in [0.29, 0.717) is 11.5 Å². The molecule has 0 fully saturated rings.